The van der Waals surface area contributed by atoms with E-state index in [0.717, 1.165) is 18.6 Å². The first kappa shape index (κ1) is 9.20. The van der Waals surface area contributed by atoms with Crippen molar-refractivity contribution in [1.82, 2.24) is 4.90 Å². The van der Waals surface area contributed by atoms with Gasteiger partial charge < -0.3 is 4.79 Å². The molecule has 0 aromatic carbocycles. The van der Waals surface area contributed by atoms with Gasteiger partial charge in [-0.1, -0.05) is 19.3 Å². The number of likely N-dealkylation sites (tertiary alicyclic amines) is 1. The smallest absolute Gasteiger partial charge is 0.137 e. The molecule has 2 heteroatoms. The van der Waals surface area contributed by atoms with Gasteiger partial charge in [-0.05, 0) is 32.2 Å². The Balaban J connectivity index is 2.06. The van der Waals surface area contributed by atoms with Gasteiger partial charge in [0.25, 0.3) is 0 Å². The van der Waals surface area contributed by atoms with Gasteiger partial charge in [0.1, 0.15) is 6.29 Å². The quantitative estimate of drug-likeness (QED) is 0.575. The van der Waals surface area contributed by atoms with Gasteiger partial charge in [-0.2, -0.15) is 0 Å². The zero-order valence-electron chi connectivity index (χ0n) is 8.41. The van der Waals surface area contributed by atoms with Crippen LogP contribution in [0.5, 0.6) is 0 Å². The van der Waals surface area contributed by atoms with Gasteiger partial charge in [0.2, 0.25) is 0 Å². The number of carbonyl (C=O) groups excluding carboxylic acids is 1. The van der Waals surface area contributed by atoms with Crippen molar-refractivity contribution < 1.29 is 4.79 Å². The summed E-state index contributed by atoms with van der Waals surface area (Å²) in [5.41, 5.74) is 0. The summed E-state index contributed by atoms with van der Waals surface area (Å²) in [6.45, 7) is 0. The molecule has 2 rings (SSSR count). The van der Waals surface area contributed by atoms with E-state index < -0.39 is 0 Å². The lowest BCUT2D eigenvalue weighted by Gasteiger charge is -2.24. The van der Waals surface area contributed by atoms with E-state index in [-0.39, 0.29) is 6.04 Å². The molecule has 0 bridgehead atoms. The summed E-state index contributed by atoms with van der Waals surface area (Å²) in [5.74, 6) is 0.808. The Labute approximate surface area is 80.3 Å². The highest BCUT2D eigenvalue weighted by Crippen LogP contribution is 2.36. The second-order valence-electron chi connectivity index (χ2n) is 4.57. The number of fused-ring (bicyclic) bond motifs is 1. The SMILES string of the molecule is CN1C(C=O)CC2CCCCCC21. The summed E-state index contributed by atoms with van der Waals surface area (Å²) < 4.78 is 0. The van der Waals surface area contributed by atoms with E-state index in [1.165, 1.54) is 32.1 Å². The number of carbonyl (C=O) groups is 1. The molecule has 0 spiro atoms. The van der Waals surface area contributed by atoms with Crippen LogP contribution in [0, 0.1) is 5.92 Å². The maximum absolute atomic E-state index is 10.8. The van der Waals surface area contributed by atoms with Crippen LogP contribution in [0.4, 0.5) is 0 Å². The lowest BCUT2D eigenvalue weighted by atomic mass is 9.95. The molecule has 1 saturated heterocycles. The highest BCUT2D eigenvalue weighted by molar-refractivity contribution is 5.58. The largest absolute Gasteiger partial charge is 0.302 e. The van der Waals surface area contributed by atoms with Gasteiger partial charge in [-0.15, -0.1) is 0 Å². The fourth-order valence-electron chi connectivity index (χ4n) is 3.05. The molecule has 1 heterocycles. The van der Waals surface area contributed by atoms with Crippen LogP contribution in [0.25, 0.3) is 0 Å². The number of aldehydes is 1. The fraction of sp³-hybridized carbons (Fsp3) is 0.909. The molecule has 0 aromatic heterocycles. The number of hydrogen-bond acceptors (Lipinski definition) is 2. The van der Waals surface area contributed by atoms with Gasteiger partial charge in [0, 0.05) is 6.04 Å². The Kier molecular flexibility index (Phi) is 2.68. The normalized spacial score (nSPS) is 41.2. The van der Waals surface area contributed by atoms with Crippen LogP contribution in [-0.4, -0.2) is 30.3 Å². The highest BCUT2D eigenvalue weighted by atomic mass is 16.1. The molecule has 3 atom stereocenters. The van der Waals surface area contributed by atoms with Gasteiger partial charge >= 0.3 is 0 Å². The van der Waals surface area contributed by atoms with Gasteiger partial charge in [-0.3, -0.25) is 4.90 Å². The molecule has 13 heavy (non-hydrogen) atoms. The van der Waals surface area contributed by atoms with E-state index >= 15 is 0 Å². The van der Waals surface area contributed by atoms with Crippen LogP contribution < -0.4 is 0 Å². The maximum Gasteiger partial charge on any atom is 0.137 e. The second kappa shape index (κ2) is 3.79. The average molecular weight is 181 g/mol. The highest BCUT2D eigenvalue weighted by Gasteiger charge is 2.38. The molecule has 0 aromatic rings. The Morgan fingerprint density at radius 3 is 2.77 bits per heavy atom. The van der Waals surface area contributed by atoms with Crippen LogP contribution >= 0.6 is 0 Å². The number of likely N-dealkylation sites (N-methyl/N-ethyl adjacent to an activating group) is 1. The molecule has 2 nitrogen and oxygen atoms in total. The van der Waals surface area contributed by atoms with Gasteiger partial charge in [0.15, 0.2) is 0 Å². The van der Waals surface area contributed by atoms with Crippen molar-refractivity contribution in [1.29, 1.82) is 0 Å². The molecule has 1 aliphatic carbocycles. The third-order valence-corrected chi connectivity index (χ3v) is 3.87. The molecule has 74 valence electrons. The minimum Gasteiger partial charge on any atom is -0.302 e. The minimum absolute atomic E-state index is 0.216. The fourth-order valence-corrected chi connectivity index (χ4v) is 3.05. The van der Waals surface area contributed by atoms with E-state index in [9.17, 15) is 4.79 Å². The third kappa shape index (κ3) is 1.64. The molecular weight excluding hydrogens is 162 g/mol. The van der Waals surface area contributed by atoms with Gasteiger partial charge in [0.05, 0.1) is 6.04 Å². The van der Waals surface area contributed by atoms with Crippen LogP contribution in [0.3, 0.4) is 0 Å². The minimum atomic E-state index is 0.216. The average Bonchev–Trinajstić information content (AvgIpc) is 2.37. The molecule has 0 radical (unpaired) electrons. The lowest BCUT2D eigenvalue weighted by molar-refractivity contribution is -0.111. The Hall–Kier alpha value is -0.370. The van der Waals surface area contributed by atoms with Crippen molar-refractivity contribution in [3.05, 3.63) is 0 Å². The Morgan fingerprint density at radius 2 is 2.00 bits per heavy atom. The predicted molar refractivity (Wildman–Crippen MR) is 52.6 cm³/mol. The van der Waals surface area contributed by atoms with E-state index in [1.54, 1.807) is 0 Å². The van der Waals surface area contributed by atoms with Crippen molar-refractivity contribution >= 4 is 6.29 Å². The second-order valence-corrected chi connectivity index (χ2v) is 4.57. The van der Waals surface area contributed by atoms with Gasteiger partial charge in [-0.25, -0.2) is 0 Å². The molecule has 2 aliphatic rings. The predicted octanol–water partition coefficient (Wildman–Crippen LogP) is 1.84. The number of nitrogens with zero attached hydrogens (tertiary/aromatic N) is 1. The van der Waals surface area contributed by atoms with Crippen molar-refractivity contribution in [2.24, 2.45) is 5.92 Å². The summed E-state index contributed by atoms with van der Waals surface area (Å²) >= 11 is 0. The first-order valence-electron chi connectivity index (χ1n) is 5.50. The Bertz CT molecular complexity index is 193. The van der Waals surface area contributed by atoms with E-state index in [0.29, 0.717) is 6.04 Å². The summed E-state index contributed by atoms with van der Waals surface area (Å²) in [7, 11) is 2.12. The van der Waals surface area contributed by atoms with E-state index in [4.69, 9.17) is 0 Å². The summed E-state index contributed by atoms with van der Waals surface area (Å²) in [6.07, 6.45) is 9.04. The molecular formula is C11H19NO. The van der Waals surface area contributed by atoms with Crippen molar-refractivity contribution in [2.75, 3.05) is 7.05 Å². The topological polar surface area (TPSA) is 20.3 Å². The van der Waals surface area contributed by atoms with E-state index in [2.05, 4.69) is 11.9 Å². The van der Waals surface area contributed by atoms with Crippen molar-refractivity contribution in [2.45, 2.75) is 50.6 Å². The summed E-state index contributed by atoms with van der Waals surface area (Å²) in [4.78, 5) is 13.1. The lowest BCUT2D eigenvalue weighted by Crippen LogP contribution is -2.34. The summed E-state index contributed by atoms with van der Waals surface area (Å²) in [5, 5.41) is 0. The molecule has 0 N–H and O–H groups in total. The zero-order chi connectivity index (χ0) is 9.26. The van der Waals surface area contributed by atoms with Crippen LogP contribution in [0.15, 0.2) is 0 Å². The monoisotopic (exact) mass is 181 g/mol. The molecule has 1 aliphatic heterocycles. The number of hydrogen-bond donors (Lipinski definition) is 0. The van der Waals surface area contributed by atoms with E-state index in [1.807, 2.05) is 0 Å². The standard InChI is InChI=1S/C11H19NO/c1-12-10(8-13)7-9-5-3-2-4-6-11(9)12/h8-11H,2-7H2,1H3. The van der Waals surface area contributed by atoms with Crippen molar-refractivity contribution in [3.8, 4) is 0 Å². The first-order valence-corrected chi connectivity index (χ1v) is 5.50. The van der Waals surface area contributed by atoms with Crippen LogP contribution in [0.1, 0.15) is 38.5 Å². The Morgan fingerprint density at radius 1 is 1.23 bits per heavy atom. The molecule has 2 fully saturated rings. The summed E-state index contributed by atoms with van der Waals surface area (Å²) in [6, 6.07) is 0.922. The zero-order valence-corrected chi connectivity index (χ0v) is 8.41. The number of rotatable bonds is 1. The third-order valence-electron chi connectivity index (χ3n) is 3.87. The van der Waals surface area contributed by atoms with Crippen LogP contribution in [0.2, 0.25) is 0 Å². The van der Waals surface area contributed by atoms with Crippen LogP contribution in [-0.2, 0) is 4.79 Å². The molecule has 3 unspecified atom stereocenters. The van der Waals surface area contributed by atoms with Crippen molar-refractivity contribution in [3.63, 3.8) is 0 Å². The molecule has 1 saturated carbocycles. The first-order chi connectivity index (χ1) is 6.33. The maximum atomic E-state index is 10.8. The molecule has 0 amide bonds.